The van der Waals surface area contributed by atoms with Crippen LogP contribution in [0.15, 0.2) is 47.8 Å². The van der Waals surface area contributed by atoms with E-state index in [-0.39, 0.29) is 24.4 Å². The first-order chi connectivity index (χ1) is 9.29. The normalized spacial score (nSPS) is 11.4. The number of thiophene rings is 1. The minimum Gasteiger partial charge on any atom is -0.347 e. The van der Waals surface area contributed by atoms with Crippen LogP contribution in [0, 0.1) is 0 Å². The Bertz CT molecular complexity index is 502. The maximum absolute atomic E-state index is 11.8. The molecule has 1 atom stereocenters. The van der Waals surface area contributed by atoms with E-state index in [4.69, 9.17) is 0 Å². The van der Waals surface area contributed by atoms with Gasteiger partial charge in [-0.2, -0.15) is 0 Å². The zero-order chi connectivity index (χ0) is 13.5. The van der Waals surface area contributed by atoms with Gasteiger partial charge in [-0.1, -0.05) is 36.4 Å². The van der Waals surface area contributed by atoms with Gasteiger partial charge in [-0.05, 0) is 30.5 Å². The maximum Gasteiger partial charge on any atom is 0.234 e. The highest BCUT2D eigenvalue weighted by Crippen LogP contribution is 2.22. The van der Waals surface area contributed by atoms with Crippen LogP contribution in [-0.4, -0.2) is 19.5 Å². The molecule has 2 rings (SSSR count). The lowest BCUT2D eigenvalue weighted by molar-refractivity contribution is -0.120. The van der Waals surface area contributed by atoms with Crippen molar-refractivity contribution >= 4 is 29.7 Å². The first-order valence-corrected chi connectivity index (χ1v) is 7.19. The summed E-state index contributed by atoms with van der Waals surface area (Å²) in [5, 5.41) is 7.99. The summed E-state index contributed by atoms with van der Waals surface area (Å²) in [7, 11) is 1.77. The van der Waals surface area contributed by atoms with Crippen molar-refractivity contribution in [2.24, 2.45) is 0 Å². The third-order valence-electron chi connectivity index (χ3n) is 2.84. The molecule has 0 aliphatic rings. The lowest BCUT2D eigenvalue weighted by Gasteiger charge is -2.17. The summed E-state index contributed by atoms with van der Waals surface area (Å²) in [5.41, 5.74) is 1.23. The molecule has 108 valence electrons. The van der Waals surface area contributed by atoms with Crippen molar-refractivity contribution in [2.75, 3.05) is 13.6 Å². The molecule has 0 aliphatic heterocycles. The molecule has 20 heavy (non-hydrogen) atoms. The van der Waals surface area contributed by atoms with Gasteiger partial charge in [0.1, 0.15) is 0 Å². The minimum absolute atomic E-state index is 0. The minimum atomic E-state index is 0. The lowest BCUT2D eigenvalue weighted by Crippen LogP contribution is -2.35. The number of rotatable bonds is 6. The highest BCUT2D eigenvalue weighted by atomic mass is 35.5. The van der Waals surface area contributed by atoms with Crippen LogP contribution in [0.25, 0.3) is 0 Å². The predicted molar refractivity (Wildman–Crippen MR) is 86.5 cm³/mol. The Hall–Kier alpha value is -1.36. The van der Waals surface area contributed by atoms with E-state index in [0.29, 0.717) is 6.54 Å². The molecule has 5 heteroatoms. The summed E-state index contributed by atoms with van der Waals surface area (Å²) in [6, 6.07) is 14.4. The van der Waals surface area contributed by atoms with Gasteiger partial charge >= 0.3 is 0 Å². The number of amides is 1. The van der Waals surface area contributed by atoms with Crippen molar-refractivity contribution in [3.05, 3.63) is 58.3 Å². The fourth-order valence-corrected chi connectivity index (χ4v) is 2.75. The number of carbonyl (C=O) groups excluding carboxylic acids is 1. The molecule has 0 saturated heterocycles. The molecule has 1 aromatic heterocycles. The second kappa shape index (κ2) is 8.74. The summed E-state index contributed by atoms with van der Waals surface area (Å²) in [6.07, 6.45) is 0.816. The number of hydrogen-bond donors (Lipinski definition) is 2. The summed E-state index contributed by atoms with van der Waals surface area (Å²) in [5.74, 6) is 0.0248. The van der Waals surface area contributed by atoms with Crippen LogP contribution in [0.1, 0.15) is 16.5 Å². The fraction of sp³-hybridized carbons (Fsp3) is 0.267. The quantitative estimate of drug-likeness (QED) is 0.861. The Morgan fingerprint density at radius 3 is 2.55 bits per heavy atom. The average molecular weight is 311 g/mol. The van der Waals surface area contributed by atoms with E-state index in [1.165, 1.54) is 10.4 Å². The van der Waals surface area contributed by atoms with Gasteiger partial charge < -0.3 is 10.6 Å². The van der Waals surface area contributed by atoms with Crippen LogP contribution in [0.5, 0.6) is 0 Å². The molecule has 0 spiro atoms. The molecule has 1 heterocycles. The molecule has 2 aromatic rings. The largest absolute Gasteiger partial charge is 0.347 e. The molecule has 1 aromatic carbocycles. The Labute approximate surface area is 129 Å². The molecule has 0 saturated carbocycles. The number of benzene rings is 1. The van der Waals surface area contributed by atoms with Gasteiger partial charge in [0.05, 0.1) is 12.6 Å². The first-order valence-electron chi connectivity index (χ1n) is 6.31. The Morgan fingerprint density at radius 2 is 1.95 bits per heavy atom. The van der Waals surface area contributed by atoms with Crippen molar-refractivity contribution in [2.45, 2.75) is 12.5 Å². The number of nitrogens with one attached hydrogen (secondary N) is 2. The Kier molecular flexibility index (Phi) is 7.30. The summed E-state index contributed by atoms with van der Waals surface area (Å²) in [6.45, 7) is 0.344. The molecule has 0 fully saturated rings. The average Bonchev–Trinajstić information content (AvgIpc) is 2.93. The zero-order valence-electron chi connectivity index (χ0n) is 11.3. The molecular weight excluding hydrogens is 292 g/mol. The summed E-state index contributed by atoms with van der Waals surface area (Å²) < 4.78 is 0. The van der Waals surface area contributed by atoms with Crippen molar-refractivity contribution in [1.82, 2.24) is 10.6 Å². The smallest absolute Gasteiger partial charge is 0.234 e. The van der Waals surface area contributed by atoms with Gasteiger partial charge in [0, 0.05) is 4.88 Å². The van der Waals surface area contributed by atoms with E-state index in [1.54, 1.807) is 18.4 Å². The standard InChI is InChI=1S/C15H18N2OS.ClH/c1-16-11-15(18)17-13(14-8-5-9-19-14)10-12-6-3-2-4-7-12;/h2-9,13,16H,10-11H2,1H3,(H,17,18);1H. The lowest BCUT2D eigenvalue weighted by atomic mass is 10.0. The van der Waals surface area contributed by atoms with Gasteiger partial charge in [0.25, 0.3) is 0 Å². The third-order valence-corrected chi connectivity index (χ3v) is 3.83. The molecular formula is C15H19ClN2OS. The van der Waals surface area contributed by atoms with E-state index in [2.05, 4.69) is 28.8 Å². The maximum atomic E-state index is 11.8. The van der Waals surface area contributed by atoms with Crippen molar-refractivity contribution < 1.29 is 4.79 Å². The van der Waals surface area contributed by atoms with Crippen LogP contribution in [0.3, 0.4) is 0 Å². The van der Waals surface area contributed by atoms with E-state index in [0.717, 1.165) is 6.42 Å². The van der Waals surface area contributed by atoms with Crippen LogP contribution in [-0.2, 0) is 11.2 Å². The molecule has 0 aliphatic carbocycles. The van der Waals surface area contributed by atoms with Crippen LogP contribution < -0.4 is 10.6 Å². The molecule has 1 unspecified atom stereocenters. The Morgan fingerprint density at radius 1 is 1.20 bits per heavy atom. The van der Waals surface area contributed by atoms with Gasteiger partial charge in [0.2, 0.25) is 5.91 Å². The highest BCUT2D eigenvalue weighted by Gasteiger charge is 2.15. The second-order valence-electron chi connectivity index (χ2n) is 4.36. The molecule has 0 radical (unpaired) electrons. The van der Waals surface area contributed by atoms with Gasteiger partial charge in [-0.15, -0.1) is 23.7 Å². The van der Waals surface area contributed by atoms with Gasteiger partial charge in [0.15, 0.2) is 0 Å². The highest BCUT2D eigenvalue weighted by molar-refractivity contribution is 7.10. The molecule has 2 N–H and O–H groups in total. The van der Waals surface area contributed by atoms with E-state index in [9.17, 15) is 4.79 Å². The number of halogens is 1. The van der Waals surface area contributed by atoms with Crippen molar-refractivity contribution in [3.63, 3.8) is 0 Å². The number of carbonyl (C=O) groups is 1. The summed E-state index contributed by atoms with van der Waals surface area (Å²) >= 11 is 1.68. The van der Waals surface area contributed by atoms with Gasteiger partial charge in [-0.25, -0.2) is 0 Å². The van der Waals surface area contributed by atoms with E-state index < -0.39 is 0 Å². The zero-order valence-corrected chi connectivity index (χ0v) is 13.0. The SMILES string of the molecule is CNCC(=O)NC(Cc1ccccc1)c1cccs1.Cl. The van der Waals surface area contributed by atoms with E-state index in [1.807, 2.05) is 29.6 Å². The predicted octanol–water partition coefficient (Wildman–Crippen LogP) is 2.79. The molecule has 1 amide bonds. The molecule has 0 bridgehead atoms. The van der Waals surface area contributed by atoms with Crippen LogP contribution >= 0.6 is 23.7 Å². The number of hydrogen-bond acceptors (Lipinski definition) is 3. The summed E-state index contributed by atoms with van der Waals surface area (Å²) in [4.78, 5) is 13.0. The van der Waals surface area contributed by atoms with Crippen LogP contribution in [0.4, 0.5) is 0 Å². The Balaban J connectivity index is 0.00000200. The fourth-order valence-electron chi connectivity index (χ4n) is 1.97. The monoisotopic (exact) mass is 310 g/mol. The third kappa shape index (κ3) is 4.96. The first kappa shape index (κ1) is 16.7. The van der Waals surface area contributed by atoms with E-state index >= 15 is 0 Å². The van der Waals surface area contributed by atoms with Gasteiger partial charge in [-0.3, -0.25) is 4.79 Å². The van der Waals surface area contributed by atoms with Crippen molar-refractivity contribution in [3.8, 4) is 0 Å². The number of likely N-dealkylation sites (N-methyl/N-ethyl adjacent to an activating group) is 1. The second-order valence-corrected chi connectivity index (χ2v) is 5.33. The van der Waals surface area contributed by atoms with Crippen LogP contribution in [0.2, 0.25) is 0 Å². The van der Waals surface area contributed by atoms with Crippen molar-refractivity contribution in [1.29, 1.82) is 0 Å². The topological polar surface area (TPSA) is 41.1 Å². The molecule has 3 nitrogen and oxygen atoms in total.